The summed E-state index contributed by atoms with van der Waals surface area (Å²) in [5, 5.41) is 0. The zero-order valence-electron chi connectivity index (χ0n) is 14.1. The fraction of sp³-hybridized carbons (Fsp3) is 0.500. The molecule has 9 heteroatoms. The summed E-state index contributed by atoms with van der Waals surface area (Å²) in [7, 11) is -3.73. The third-order valence-electron chi connectivity index (χ3n) is 3.64. The lowest BCUT2D eigenvalue weighted by Gasteiger charge is -2.15. The second-order valence-corrected chi connectivity index (χ2v) is 8.65. The fourth-order valence-electron chi connectivity index (χ4n) is 2.47. The quantitative estimate of drug-likeness (QED) is 0.692. The second-order valence-electron chi connectivity index (χ2n) is 6.08. The number of hydrogen-bond acceptors (Lipinski definition) is 5. The first-order valence-electron chi connectivity index (χ1n) is 7.97. The molecule has 1 aliphatic rings. The molecular weight excluding hydrogens is 412 g/mol. The van der Waals surface area contributed by atoms with Crippen molar-refractivity contribution < 1.29 is 22.7 Å². The van der Waals surface area contributed by atoms with Gasteiger partial charge in [0.05, 0.1) is 10.5 Å². The lowest BCUT2D eigenvalue weighted by Crippen LogP contribution is -2.32. The van der Waals surface area contributed by atoms with Crippen molar-refractivity contribution >= 4 is 37.8 Å². The predicted octanol–water partition coefficient (Wildman–Crippen LogP) is 1.92. The van der Waals surface area contributed by atoms with Crippen LogP contribution in [0, 0.1) is 0 Å². The Bertz CT molecular complexity index is 758. The molecule has 1 N–H and O–H groups in total. The molecule has 0 radical (unpaired) electrons. The Morgan fingerprint density at radius 2 is 1.92 bits per heavy atom. The van der Waals surface area contributed by atoms with Crippen LogP contribution in [0.15, 0.2) is 27.6 Å². The largest absolute Gasteiger partial charge is 0.452 e. The van der Waals surface area contributed by atoms with E-state index in [1.165, 1.54) is 18.2 Å². The Balaban J connectivity index is 2.11. The monoisotopic (exact) mass is 432 g/mol. The SMILES string of the molecule is CC(C)NS(=O)(=O)c1ccc(Br)c(C(=O)OCC(=O)N2CCCC2)c1. The number of sulfonamides is 1. The van der Waals surface area contributed by atoms with Crippen molar-refractivity contribution in [2.75, 3.05) is 19.7 Å². The van der Waals surface area contributed by atoms with Gasteiger partial charge in [-0.25, -0.2) is 17.9 Å². The third-order valence-corrected chi connectivity index (χ3v) is 5.99. The van der Waals surface area contributed by atoms with E-state index in [0.717, 1.165) is 12.8 Å². The van der Waals surface area contributed by atoms with E-state index >= 15 is 0 Å². The molecule has 1 aliphatic heterocycles. The zero-order valence-corrected chi connectivity index (χ0v) is 16.5. The minimum Gasteiger partial charge on any atom is -0.452 e. The van der Waals surface area contributed by atoms with Gasteiger partial charge in [-0.2, -0.15) is 0 Å². The minimum atomic E-state index is -3.73. The normalized spacial score (nSPS) is 14.8. The van der Waals surface area contributed by atoms with Gasteiger partial charge in [-0.3, -0.25) is 4.79 Å². The molecule has 0 saturated carbocycles. The molecule has 1 fully saturated rings. The predicted molar refractivity (Wildman–Crippen MR) is 95.7 cm³/mol. The van der Waals surface area contributed by atoms with Crippen molar-refractivity contribution in [3.8, 4) is 0 Å². The van der Waals surface area contributed by atoms with Crippen molar-refractivity contribution in [2.45, 2.75) is 37.6 Å². The summed E-state index contributed by atoms with van der Waals surface area (Å²) in [5.41, 5.74) is 0.0563. The molecule has 1 amide bonds. The first kappa shape index (κ1) is 19.9. The number of nitrogens with zero attached hydrogens (tertiary/aromatic N) is 1. The van der Waals surface area contributed by atoms with E-state index in [1.54, 1.807) is 18.7 Å². The highest BCUT2D eigenvalue weighted by molar-refractivity contribution is 9.10. The maximum Gasteiger partial charge on any atom is 0.339 e. The van der Waals surface area contributed by atoms with Gasteiger partial charge in [0, 0.05) is 23.6 Å². The van der Waals surface area contributed by atoms with Gasteiger partial charge in [0.1, 0.15) is 0 Å². The zero-order chi connectivity index (χ0) is 18.6. The number of esters is 1. The molecule has 0 aliphatic carbocycles. The summed E-state index contributed by atoms with van der Waals surface area (Å²) >= 11 is 3.21. The Hall–Kier alpha value is -1.45. The Morgan fingerprint density at radius 3 is 2.52 bits per heavy atom. The summed E-state index contributed by atoms with van der Waals surface area (Å²) in [5.74, 6) is -0.992. The molecule has 0 unspecified atom stereocenters. The Labute approximate surface area is 155 Å². The summed E-state index contributed by atoms with van der Waals surface area (Å²) < 4.78 is 32.4. The lowest BCUT2D eigenvalue weighted by atomic mass is 10.2. The van der Waals surface area contributed by atoms with E-state index in [-0.39, 0.29) is 29.0 Å². The van der Waals surface area contributed by atoms with Crippen LogP contribution in [-0.4, -0.2) is 50.9 Å². The number of carbonyl (C=O) groups is 2. The number of ether oxygens (including phenoxy) is 1. The standard InChI is InChI=1S/C16H21BrN2O5S/c1-11(2)18-25(22,23)12-5-6-14(17)13(9-12)16(21)24-10-15(20)19-7-3-4-8-19/h5-6,9,11,18H,3-4,7-8,10H2,1-2H3. The van der Waals surface area contributed by atoms with Gasteiger partial charge >= 0.3 is 5.97 Å². The number of rotatable bonds is 6. The van der Waals surface area contributed by atoms with Gasteiger partial charge in [0.2, 0.25) is 10.0 Å². The first-order valence-corrected chi connectivity index (χ1v) is 10.2. The van der Waals surface area contributed by atoms with Crippen LogP contribution in [-0.2, 0) is 19.6 Å². The number of halogens is 1. The van der Waals surface area contributed by atoms with Crippen LogP contribution >= 0.6 is 15.9 Å². The molecule has 1 aromatic rings. The number of carbonyl (C=O) groups excluding carboxylic acids is 2. The topological polar surface area (TPSA) is 92.8 Å². The van der Waals surface area contributed by atoms with Crippen LogP contribution in [0.2, 0.25) is 0 Å². The summed E-state index contributed by atoms with van der Waals surface area (Å²) in [6.07, 6.45) is 1.90. The molecule has 0 bridgehead atoms. The van der Waals surface area contributed by atoms with Crippen LogP contribution in [0.3, 0.4) is 0 Å². The van der Waals surface area contributed by atoms with Crippen LogP contribution in [0.25, 0.3) is 0 Å². The van der Waals surface area contributed by atoms with E-state index in [0.29, 0.717) is 17.6 Å². The summed E-state index contributed by atoms with van der Waals surface area (Å²) in [6, 6.07) is 3.81. The van der Waals surface area contributed by atoms with E-state index in [1.807, 2.05) is 0 Å². The number of nitrogens with one attached hydrogen (secondary N) is 1. The van der Waals surface area contributed by atoms with Crippen molar-refractivity contribution in [2.24, 2.45) is 0 Å². The van der Waals surface area contributed by atoms with Gasteiger partial charge in [0.25, 0.3) is 5.91 Å². The molecule has 1 aromatic carbocycles. The molecule has 0 atom stereocenters. The average Bonchev–Trinajstić information content (AvgIpc) is 3.05. The lowest BCUT2D eigenvalue weighted by molar-refractivity contribution is -0.133. The average molecular weight is 433 g/mol. The van der Waals surface area contributed by atoms with Crippen LogP contribution in [0.5, 0.6) is 0 Å². The van der Waals surface area contributed by atoms with Crippen molar-refractivity contribution in [3.63, 3.8) is 0 Å². The second kappa shape index (κ2) is 8.29. The highest BCUT2D eigenvalue weighted by atomic mass is 79.9. The smallest absolute Gasteiger partial charge is 0.339 e. The Morgan fingerprint density at radius 1 is 1.28 bits per heavy atom. The van der Waals surface area contributed by atoms with E-state index < -0.39 is 16.0 Å². The number of amides is 1. The van der Waals surface area contributed by atoms with Gasteiger partial charge in [-0.1, -0.05) is 0 Å². The maximum absolute atomic E-state index is 12.2. The molecule has 7 nitrogen and oxygen atoms in total. The van der Waals surface area contributed by atoms with E-state index in [4.69, 9.17) is 4.74 Å². The molecular formula is C16H21BrN2O5S. The van der Waals surface area contributed by atoms with Crippen LogP contribution < -0.4 is 4.72 Å². The number of likely N-dealkylation sites (tertiary alicyclic amines) is 1. The molecule has 138 valence electrons. The van der Waals surface area contributed by atoms with Crippen molar-refractivity contribution in [1.82, 2.24) is 9.62 Å². The molecule has 0 spiro atoms. The van der Waals surface area contributed by atoms with Gasteiger partial charge < -0.3 is 9.64 Å². The summed E-state index contributed by atoms with van der Waals surface area (Å²) in [6.45, 7) is 4.40. The van der Waals surface area contributed by atoms with Gasteiger partial charge in [-0.05, 0) is 60.8 Å². The highest BCUT2D eigenvalue weighted by Gasteiger charge is 2.22. The molecule has 1 heterocycles. The van der Waals surface area contributed by atoms with Crippen molar-refractivity contribution in [3.05, 3.63) is 28.2 Å². The highest BCUT2D eigenvalue weighted by Crippen LogP contribution is 2.22. The Kier molecular flexibility index (Phi) is 6.59. The van der Waals surface area contributed by atoms with Gasteiger partial charge in [0.15, 0.2) is 6.61 Å². The van der Waals surface area contributed by atoms with Crippen molar-refractivity contribution in [1.29, 1.82) is 0 Å². The minimum absolute atomic E-state index is 0.0396. The maximum atomic E-state index is 12.2. The van der Waals surface area contributed by atoms with Gasteiger partial charge in [-0.15, -0.1) is 0 Å². The summed E-state index contributed by atoms with van der Waals surface area (Å²) in [4.78, 5) is 25.8. The molecule has 1 saturated heterocycles. The van der Waals surface area contributed by atoms with Crippen LogP contribution in [0.4, 0.5) is 0 Å². The third kappa shape index (κ3) is 5.26. The molecule has 2 rings (SSSR count). The van der Waals surface area contributed by atoms with E-state index in [2.05, 4.69) is 20.7 Å². The number of benzene rings is 1. The van der Waals surface area contributed by atoms with E-state index in [9.17, 15) is 18.0 Å². The first-order chi connectivity index (χ1) is 11.7. The fourth-order valence-corrected chi connectivity index (χ4v) is 4.15. The molecule has 25 heavy (non-hydrogen) atoms. The molecule has 0 aromatic heterocycles. The van der Waals surface area contributed by atoms with Crippen LogP contribution in [0.1, 0.15) is 37.0 Å². The number of hydrogen-bond donors (Lipinski definition) is 1.